The Hall–Kier alpha value is -1.63. The molecule has 5 nitrogen and oxygen atoms in total. The lowest BCUT2D eigenvalue weighted by molar-refractivity contribution is 0.185. The molecule has 25 heavy (non-hydrogen) atoms. The van der Waals surface area contributed by atoms with Gasteiger partial charge in [-0.05, 0) is 43.0 Å². The Morgan fingerprint density at radius 2 is 1.88 bits per heavy atom. The molecule has 1 fully saturated rings. The molecule has 6 heteroatoms. The number of rotatable bonds is 6. The van der Waals surface area contributed by atoms with Crippen LogP contribution in [0.2, 0.25) is 0 Å². The number of hydrogen-bond donors (Lipinski definition) is 0. The molecule has 1 saturated heterocycles. The largest absolute Gasteiger partial charge is 0.463 e. The first-order valence-electron chi connectivity index (χ1n) is 8.68. The Morgan fingerprint density at radius 3 is 2.60 bits per heavy atom. The SMILES string of the molecule is CN(Cc1ccc(CN2CCCC(c3ccccc3)C2)o1)S(C)(=O)=O. The maximum atomic E-state index is 11.5. The van der Waals surface area contributed by atoms with Gasteiger partial charge in [-0.3, -0.25) is 4.90 Å². The number of furan rings is 1. The highest BCUT2D eigenvalue weighted by Gasteiger charge is 2.22. The third-order valence-corrected chi connectivity index (χ3v) is 6.08. The number of sulfonamides is 1. The highest BCUT2D eigenvalue weighted by molar-refractivity contribution is 7.88. The normalized spacial score (nSPS) is 19.4. The smallest absolute Gasteiger partial charge is 0.211 e. The summed E-state index contributed by atoms with van der Waals surface area (Å²) in [5.74, 6) is 2.14. The van der Waals surface area contributed by atoms with E-state index < -0.39 is 10.0 Å². The van der Waals surface area contributed by atoms with E-state index in [2.05, 4.69) is 35.2 Å². The van der Waals surface area contributed by atoms with Gasteiger partial charge in [0.05, 0.1) is 19.3 Å². The fraction of sp³-hybridized carbons (Fsp3) is 0.474. The van der Waals surface area contributed by atoms with Crippen molar-refractivity contribution in [2.75, 3.05) is 26.4 Å². The molecule has 3 rings (SSSR count). The van der Waals surface area contributed by atoms with E-state index >= 15 is 0 Å². The molecule has 0 N–H and O–H groups in total. The molecule has 0 saturated carbocycles. The molecule has 1 aliphatic rings. The van der Waals surface area contributed by atoms with E-state index in [0.29, 0.717) is 11.7 Å². The molecule has 1 unspecified atom stereocenters. The van der Waals surface area contributed by atoms with Crippen LogP contribution < -0.4 is 0 Å². The van der Waals surface area contributed by atoms with Crippen molar-refractivity contribution in [1.82, 2.24) is 9.21 Å². The summed E-state index contributed by atoms with van der Waals surface area (Å²) in [5, 5.41) is 0. The van der Waals surface area contributed by atoms with Crippen LogP contribution in [0.5, 0.6) is 0 Å². The van der Waals surface area contributed by atoms with Crippen molar-refractivity contribution in [2.24, 2.45) is 0 Å². The molecule has 0 bridgehead atoms. The van der Waals surface area contributed by atoms with E-state index in [9.17, 15) is 8.42 Å². The van der Waals surface area contributed by atoms with Gasteiger partial charge < -0.3 is 4.42 Å². The molecule has 136 valence electrons. The van der Waals surface area contributed by atoms with E-state index in [4.69, 9.17) is 4.42 Å². The molecule has 0 spiro atoms. The average molecular weight is 362 g/mol. The molecular formula is C19H26N2O3S. The second-order valence-electron chi connectivity index (χ2n) is 6.87. The first kappa shape index (κ1) is 18.2. The highest BCUT2D eigenvalue weighted by Crippen LogP contribution is 2.27. The zero-order chi connectivity index (χ0) is 17.9. The van der Waals surface area contributed by atoms with Crippen LogP contribution in [0.4, 0.5) is 0 Å². The Kier molecular flexibility index (Phi) is 5.61. The van der Waals surface area contributed by atoms with Crippen LogP contribution in [0.3, 0.4) is 0 Å². The van der Waals surface area contributed by atoms with Crippen LogP contribution in [0, 0.1) is 0 Å². The zero-order valence-corrected chi connectivity index (χ0v) is 15.7. The first-order chi connectivity index (χ1) is 11.9. The molecule has 1 atom stereocenters. The maximum Gasteiger partial charge on any atom is 0.211 e. The molecule has 1 aromatic heterocycles. The van der Waals surface area contributed by atoms with E-state index in [0.717, 1.165) is 25.4 Å². The lowest BCUT2D eigenvalue weighted by atomic mass is 9.91. The highest BCUT2D eigenvalue weighted by atomic mass is 32.2. The summed E-state index contributed by atoms with van der Waals surface area (Å²) in [6.07, 6.45) is 3.61. The van der Waals surface area contributed by atoms with Gasteiger partial charge in [0.25, 0.3) is 0 Å². The standard InChI is InChI=1S/C19H26N2O3S/c1-20(25(2,22)23)14-18-10-11-19(24-18)15-21-12-6-9-17(13-21)16-7-4-3-5-8-16/h3-5,7-8,10-11,17H,6,9,12-15H2,1-2H3. The van der Waals surface area contributed by atoms with Crippen molar-refractivity contribution in [1.29, 1.82) is 0 Å². The Morgan fingerprint density at radius 1 is 1.16 bits per heavy atom. The number of benzene rings is 1. The van der Waals surface area contributed by atoms with Crippen LogP contribution >= 0.6 is 0 Å². The lowest BCUT2D eigenvalue weighted by Crippen LogP contribution is -2.33. The van der Waals surface area contributed by atoms with Crippen molar-refractivity contribution in [3.05, 3.63) is 59.5 Å². The minimum absolute atomic E-state index is 0.269. The predicted octanol–water partition coefficient (Wildman–Crippen LogP) is 3.05. The van der Waals surface area contributed by atoms with Crippen molar-refractivity contribution in [2.45, 2.75) is 31.8 Å². The Labute approximate surface area is 150 Å². The summed E-state index contributed by atoms with van der Waals surface area (Å²) in [6.45, 7) is 3.14. The van der Waals surface area contributed by atoms with E-state index in [1.165, 1.54) is 29.0 Å². The minimum Gasteiger partial charge on any atom is -0.463 e. The second kappa shape index (κ2) is 7.72. The third-order valence-electron chi connectivity index (χ3n) is 4.82. The minimum atomic E-state index is -3.19. The van der Waals surface area contributed by atoms with Crippen LogP contribution in [-0.2, 0) is 23.1 Å². The van der Waals surface area contributed by atoms with Crippen molar-refractivity contribution in [3.8, 4) is 0 Å². The van der Waals surface area contributed by atoms with Gasteiger partial charge in [0.1, 0.15) is 11.5 Å². The van der Waals surface area contributed by atoms with Crippen molar-refractivity contribution < 1.29 is 12.8 Å². The van der Waals surface area contributed by atoms with Gasteiger partial charge in [-0.15, -0.1) is 0 Å². The van der Waals surface area contributed by atoms with Gasteiger partial charge in [0.2, 0.25) is 10.0 Å². The van der Waals surface area contributed by atoms with Gasteiger partial charge in [0.15, 0.2) is 0 Å². The molecule has 0 aliphatic carbocycles. The van der Waals surface area contributed by atoms with Gasteiger partial charge in [0, 0.05) is 13.6 Å². The topological polar surface area (TPSA) is 53.8 Å². The van der Waals surface area contributed by atoms with Crippen LogP contribution in [0.25, 0.3) is 0 Å². The van der Waals surface area contributed by atoms with Crippen LogP contribution in [0.1, 0.15) is 35.8 Å². The molecule has 1 aliphatic heterocycles. The summed E-state index contributed by atoms with van der Waals surface area (Å²) in [5.41, 5.74) is 1.40. The van der Waals surface area contributed by atoms with E-state index in [-0.39, 0.29) is 6.54 Å². The number of piperidine rings is 1. The van der Waals surface area contributed by atoms with Crippen molar-refractivity contribution >= 4 is 10.0 Å². The van der Waals surface area contributed by atoms with Gasteiger partial charge >= 0.3 is 0 Å². The molecule has 0 amide bonds. The second-order valence-corrected chi connectivity index (χ2v) is 8.96. The van der Waals surface area contributed by atoms with Crippen LogP contribution in [0.15, 0.2) is 46.9 Å². The van der Waals surface area contributed by atoms with Gasteiger partial charge in [-0.1, -0.05) is 30.3 Å². The maximum absolute atomic E-state index is 11.5. The average Bonchev–Trinajstić information content (AvgIpc) is 3.02. The summed E-state index contributed by atoms with van der Waals surface area (Å²) >= 11 is 0. The third kappa shape index (κ3) is 4.93. The zero-order valence-electron chi connectivity index (χ0n) is 14.9. The number of likely N-dealkylation sites (tertiary alicyclic amines) is 1. The van der Waals surface area contributed by atoms with Crippen LogP contribution in [-0.4, -0.2) is 44.0 Å². The molecule has 1 aromatic carbocycles. The summed E-state index contributed by atoms with van der Waals surface area (Å²) < 4.78 is 30.2. The monoisotopic (exact) mass is 362 g/mol. The number of nitrogens with zero attached hydrogens (tertiary/aromatic N) is 2. The molecular weight excluding hydrogens is 336 g/mol. The molecule has 2 aromatic rings. The quantitative estimate of drug-likeness (QED) is 0.793. The fourth-order valence-electron chi connectivity index (χ4n) is 3.35. The van der Waals surface area contributed by atoms with Crippen molar-refractivity contribution in [3.63, 3.8) is 0 Å². The van der Waals surface area contributed by atoms with Gasteiger partial charge in [-0.25, -0.2) is 8.42 Å². The summed E-state index contributed by atoms with van der Waals surface area (Å²) in [7, 11) is -1.63. The molecule has 0 radical (unpaired) electrons. The van der Waals surface area contributed by atoms with E-state index in [1.807, 2.05) is 12.1 Å². The van der Waals surface area contributed by atoms with Gasteiger partial charge in [-0.2, -0.15) is 4.31 Å². The summed E-state index contributed by atoms with van der Waals surface area (Å²) in [6, 6.07) is 14.5. The number of hydrogen-bond acceptors (Lipinski definition) is 4. The first-order valence-corrected chi connectivity index (χ1v) is 10.5. The predicted molar refractivity (Wildman–Crippen MR) is 98.7 cm³/mol. The Balaban J connectivity index is 1.59. The Bertz CT molecular complexity index is 786. The lowest BCUT2D eigenvalue weighted by Gasteiger charge is -2.32. The summed E-state index contributed by atoms with van der Waals surface area (Å²) in [4.78, 5) is 2.42. The molecule has 2 heterocycles. The van der Waals surface area contributed by atoms with E-state index in [1.54, 1.807) is 7.05 Å². The fourth-order valence-corrected chi connectivity index (χ4v) is 3.71.